The van der Waals surface area contributed by atoms with Crippen molar-refractivity contribution in [3.63, 3.8) is 0 Å². The maximum absolute atomic E-state index is 13.1. The summed E-state index contributed by atoms with van der Waals surface area (Å²) < 4.78 is 19.0. The number of carbonyl (C=O) groups excluding carboxylic acids is 1. The average molecular weight is 451 g/mol. The summed E-state index contributed by atoms with van der Waals surface area (Å²) in [5, 5.41) is 7.30. The van der Waals surface area contributed by atoms with Crippen LogP contribution in [0.3, 0.4) is 0 Å². The largest absolute Gasteiger partial charge is 0.497 e. The second kappa shape index (κ2) is 9.95. The van der Waals surface area contributed by atoms with Gasteiger partial charge in [-0.2, -0.15) is 5.10 Å². The van der Waals surface area contributed by atoms with Crippen molar-refractivity contribution >= 4 is 11.6 Å². The first-order valence-corrected chi connectivity index (χ1v) is 10.9. The number of hydrogen-bond donors (Lipinski definition) is 1. The van der Waals surface area contributed by atoms with Gasteiger partial charge in [-0.3, -0.25) is 9.48 Å². The standard InChI is InChI=1S/C25H30N4O4/c1-28(2)11-12-32-24-15-17(22-9-10-26-29(22)3)5-7-21(24)27-25(30)19-13-18-14-20(31-4)6-8-23(18)33-16-19/h5-10,14-15,19H,11-13,16H2,1-4H3,(H,27,30)/t19-/m1/s1. The van der Waals surface area contributed by atoms with Gasteiger partial charge in [0.2, 0.25) is 5.91 Å². The Labute approximate surface area is 194 Å². The van der Waals surface area contributed by atoms with Crippen LogP contribution in [0.15, 0.2) is 48.7 Å². The molecule has 2 aromatic carbocycles. The molecule has 8 heteroatoms. The number of fused-ring (bicyclic) bond motifs is 1. The van der Waals surface area contributed by atoms with E-state index in [1.54, 1.807) is 13.3 Å². The lowest BCUT2D eigenvalue weighted by molar-refractivity contribution is -0.121. The number of carbonyl (C=O) groups is 1. The summed E-state index contributed by atoms with van der Waals surface area (Å²) in [6.07, 6.45) is 2.34. The van der Waals surface area contributed by atoms with Crippen molar-refractivity contribution < 1.29 is 19.0 Å². The molecule has 2 heterocycles. The van der Waals surface area contributed by atoms with E-state index in [1.807, 2.05) is 73.2 Å². The summed E-state index contributed by atoms with van der Waals surface area (Å²) in [7, 11) is 7.51. The molecule has 1 aliphatic heterocycles. The lowest BCUT2D eigenvalue weighted by Crippen LogP contribution is -2.32. The number of anilines is 1. The van der Waals surface area contributed by atoms with Gasteiger partial charge in [-0.1, -0.05) is 6.07 Å². The van der Waals surface area contributed by atoms with Crippen LogP contribution < -0.4 is 19.5 Å². The van der Waals surface area contributed by atoms with Crippen molar-refractivity contribution in [3.05, 3.63) is 54.2 Å². The van der Waals surface area contributed by atoms with Crippen LogP contribution in [0.25, 0.3) is 11.3 Å². The van der Waals surface area contributed by atoms with E-state index in [4.69, 9.17) is 14.2 Å². The zero-order valence-corrected chi connectivity index (χ0v) is 19.5. The van der Waals surface area contributed by atoms with Crippen LogP contribution in [0.5, 0.6) is 17.2 Å². The van der Waals surface area contributed by atoms with Crippen LogP contribution in [0, 0.1) is 5.92 Å². The third-order valence-electron chi connectivity index (χ3n) is 5.70. The van der Waals surface area contributed by atoms with Gasteiger partial charge in [0.05, 0.1) is 24.4 Å². The lowest BCUT2D eigenvalue weighted by atomic mass is 9.95. The smallest absolute Gasteiger partial charge is 0.231 e. The minimum Gasteiger partial charge on any atom is -0.497 e. The number of nitrogens with one attached hydrogen (secondary N) is 1. The number of rotatable bonds is 8. The zero-order valence-electron chi connectivity index (χ0n) is 19.5. The second-order valence-electron chi connectivity index (χ2n) is 8.38. The average Bonchev–Trinajstić information content (AvgIpc) is 3.24. The molecule has 0 unspecified atom stereocenters. The van der Waals surface area contributed by atoms with E-state index >= 15 is 0 Å². The quantitative estimate of drug-likeness (QED) is 0.568. The highest BCUT2D eigenvalue weighted by Gasteiger charge is 2.27. The number of benzene rings is 2. The molecule has 1 aromatic heterocycles. The van der Waals surface area contributed by atoms with Gasteiger partial charge in [0.25, 0.3) is 0 Å². The van der Waals surface area contributed by atoms with Crippen molar-refractivity contribution in [1.82, 2.24) is 14.7 Å². The summed E-state index contributed by atoms with van der Waals surface area (Å²) >= 11 is 0. The molecule has 8 nitrogen and oxygen atoms in total. The van der Waals surface area contributed by atoms with Crippen molar-refractivity contribution in [3.8, 4) is 28.5 Å². The molecule has 174 valence electrons. The summed E-state index contributed by atoms with van der Waals surface area (Å²) in [5.74, 6) is 1.77. The molecule has 3 aromatic rings. The van der Waals surface area contributed by atoms with Crippen LogP contribution in [0.4, 0.5) is 5.69 Å². The van der Waals surface area contributed by atoms with Gasteiger partial charge in [0.15, 0.2) is 0 Å². The molecule has 1 amide bonds. The molecule has 0 fully saturated rings. The van der Waals surface area contributed by atoms with Crippen LogP contribution in [-0.2, 0) is 18.3 Å². The maximum atomic E-state index is 13.1. The molecule has 0 saturated carbocycles. The van der Waals surface area contributed by atoms with Gasteiger partial charge in [-0.05, 0) is 62.5 Å². The molecular weight excluding hydrogens is 420 g/mol. The summed E-state index contributed by atoms with van der Waals surface area (Å²) in [6, 6.07) is 13.4. The van der Waals surface area contributed by atoms with E-state index in [9.17, 15) is 4.79 Å². The highest BCUT2D eigenvalue weighted by atomic mass is 16.5. The third kappa shape index (κ3) is 5.28. The first-order valence-electron chi connectivity index (χ1n) is 10.9. The maximum Gasteiger partial charge on any atom is 0.231 e. The van der Waals surface area contributed by atoms with Crippen LogP contribution in [-0.4, -0.2) is 61.6 Å². The van der Waals surface area contributed by atoms with Gasteiger partial charge < -0.3 is 24.4 Å². The van der Waals surface area contributed by atoms with Crippen LogP contribution in [0.2, 0.25) is 0 Å². The number of ether oxygens (including phenoxy) is 3. The van der Waals surface area contributed by atoms with Crippen LogP contribution in [0.1, 0.15) is 5.56 Å². The number of amides is 1. The third-order valence-corrected chi connectivity index (χ3v) is 5.70. The molecule has 0 radical (unpaired) electrons. The highest BCUT2D eigenvalue weighted by Crippen LogP contribution is 2.34. The second-order valence-corrected chi connectivity index (χ2v) is 8.38. The Bertz CT molecular complexity index is 1130. The predicted octanol–water partition coefficient (Wildman–Crippen LogP) is 3.23. The van der Waals surface area contributed by atoms with Crippen LogP contribution >= 0.6 is 0 Å². The number of likely N-dealkylation sites (N-methyl/N-ethyl adjacent to an activating group) is 1. The predicted molar refractivity (Wildman–Crippen MR) is 127 cm³/mol. The van der Waals surface area contributed by atoms with Crippen molar-refractivity contribution in [1.29, 1.82) is 0 Å². The van der Waals surface area contributed by atoms with Crippen molar-refractivity contribution in [2.75, 3.05) is 46.3 Å². The Morgan fingerprint density at radius 3 is 2.82 bits per heavy atom. The fraction of sp³-hybridized carbons (Fsp3) is 0.360. The SMILES string of the molecule is COc1ccc2c(c1)C[C@@H](C(=O)Nc1ccc(-c3ccnn3C)cc1OCCN(C)C)CO2. The molecule has 4 rings (SSSR count). The van der Waals surface area contributed by atoms with Gasteiger partial charge in [0.1, 0.15) is 30.5 Å². The minimum atomic E-state index is -0.309. The van der Waals surface area contributed by atoms with Crippen molar-refractivity contribution in [2.24, 2.45) is 13.0 Å². The number of aromatic nitrogens is 2. The lowest BCUT2D eigenvalue weighted by Gasteiger charge is -2.25. The van der Waals surface area contributed by atoms with E-state index in [2.05, 4.69) is 10.4 Å². The molecule has 1 aliphatic rings. The Morgan fingerprint density at radius 1 is 1.24 bits per heavy atom. The van der Waals surface area contributed by atoms with Gasteiger partial charge in [-0.25, -0.2) is 0 Å². The molecule has 1 atom stereocenters. The normalized spacial score (nSPS) is 15.0. The van der Waals surface area contributed by atoms with Gasteiger partial charge in [-0.15, -0.1) is 0 Å². The summed E-state index contributed by atoms with van der Waals surface area (Å²) in [4.78, 5) is 15.2. The molecule has 1 N–H and O–H groups in total. The van der Waals surface area contributed by atoms with E-state index in [0.29, 0.717) is 31.1 Å². The molecule has 0 aliphatic carbocycles. The molecule has 0 saturated heterocycles. The number of hydrogen-bond acceptors (Lipinski definition) is 6. The highest BCUT2D eigenvalue weighted by molar-refractivity contribution is 5.95. The number of aryl methyl sites for hydroxylation is 1. The molecule has 0 bridgehead atoms. The summed E-state index contributed by atoms with van der Waals surface area (Å²) in [5.41, 5.74) is 3.54. The minimum absolute atomic E-state index is 0.103. The molecular formula is C25H30N4O4. The van der Waals surface area contributed by atoms with E-state index in [0.717, 1.165) is 34.9 Å². The Morgan fingerprint density at radius 2 is 2.09 bits per heavy atom. The van der Waals surface area contributed by atoms with Gasteiger partial charge in [0, 0.05) is 25.4 Å². The Hall–Kier alpha value is -3.52. The topological polar surface area (TPSA) is 77.8 Å². The van der Waals surface area contributed by atoms with Gasteiger partial charge >= 0.3 is 0 Å². The summed E-state index contributed by atoms with van der Waals surface area (Å²) in [6.45, 7) is 1.60. The first-order chi connectivity index (χ1) is 15.9. The fourth-order valence-corrected chi connectivity index (χ4v) is 3.80. The molecule has 0 spiro atoms. The van der Waals surface area contributed by atoms with E-state index in [1.165, 1.54) is 0 Å². The first kappa shape index (κ1) is 22.7. The van der Waals surface area contributed by atoms with E-state index in [-0.39, 0.29) is 11.8 Å². The number of nitrogens with zero attached hydrogens (tertiary/aromatic N) is 3. The zero-order chi connectivity index (χ0) is 23.4. The fourth-order valence-electron chi connectivity index (χ4n) is 3.80. The number of methoxy groups -OCH3 is 1. The van der Waals surface area contributed by atoms with E-state index < -0.39 is 0 Å². The Balaban J connectivity index is 1.53. The monoisotopic (exact) mass is 450 g/mol. The van der Waals surface area contributed by atoms with Crippen molar-refractivity contribution in [2.45, 2.75) is 6.42 Å². The Kier molecular flexibility index (Phi) is 6.84. The molecule has 33 heavy (non-hydrogen) atoms.